The Morgan fingerprint density at radius 2 is 1.80 bits per heavy atom. The van der Waals surface area contributed by atoms with E-state index in [4.69, 9.17) is 0 Å². The first-order valence-electron chi connectivity index (χ1n) is 5.90. The highest BCUT2D eigenvalue weighted by Crippen LogP contribution is 2.28. The standard InChI is InChI=1S/C14H23N/c1-4-8-13-10-7-12-15(11-6-3)14(13)9-5-2/h4-6,13-14H,1-3,7-12H2. The van der Waals surface area contributed by atoms with Crippen LogP contribution in [-0.4, -0.2) is 24.0 Å². The molecule has 2 unspecified atom stereocenters. The van der Waals surface area contributed by atoms with Gasteiger partial charge in [-0.3, -0.25) is 4.90 Å². The summed E-state index contributed by atoms with van der Waals surface area (Å²) in [6.45, 7) is 13.8. The lowest BCUT2D eigenvalue weighted by molar-refractivity contribution is 0.108. The molecule has 0 aromatic rings. The maximum atomic E-state index is 3.87. The van der Waals surface area contributed by atoms with Crippen molar-refractivity contribution in [3.05, 3.63) is 38.0 Å². The number of piperidine rings is 1. The summed E-state index contributed by atoms with van der Waals surface area (Å²) in [5.41, 5.74) is 0. The van der Waals surface area contributed by atoms with Crippen molar-refractivity contribution in [2.24, 2.45) is 5.92 Å². The number of likely N-dealkylation sites (tertiary alicyclic amines) is 1. The highest BCUT2D eigenvalue weighted by molar-refractivity contribution is 4.93. The van der Waals surface area contributed by atoms with Gasteiger partial charge in [-0.2, -0.15) is 0 Å². The molecule has 0 amide bonds. The third-order valence-corrected chi connectivity index (χ3v) is 3.27. The second kappa shape index (κ2) is 6.62. The molecule has 1 fully saturated rings. The summed E-state index contributed by atoms with van der Waals surface area (Å²) >= 11 is 0. The minimum absolute atomic E-state index is 0.646. The molecule has 0 saturated carbocycles. The topological polar surface area (TPSA) is 3.24 Å². The van der Waals surface area contributed by atoms with Gasteiger partial charge in [-0.05, 0) is 38.1 Å². The van der Waals surface area contributed by atoms with E-state index in [0.29, 0.717) is 6.04 Å². The first kappa shape index (κ1) is 12.3. The molecule has 0 aliphatic carbocycles. The van der Waals surface area contributed by atoms with Gasteiger partial charge in [0.15, 0.2) is 0 Å². The number of hydrogen-bond donors (Lipinski definition) is 0. The van der Waals surface area contributed by atoms with E-state index >= 15 is 0 Å². The number of hydrogen-bond acceptors (Lipinski definition) is 1. The van der Waals surface area contributed by atoms with Crippen molar-refractivity contribution in [2.45, 2.75) is 31.7 Å². The van der Waals surface area contributed by atoms with Crippen LogP contribution in [0.1, 0.15) is 25.7 Å². The third kappa shape index (κ3) is 3.35. The fourth-order valence-corrected chi connectivity index (χ4v) is 2.61. The van der Waals surface area contributed by atoms with Crippen molar-refractivity contribution in [1.29, 1.82) is 0 Å². The smallest absolute Gasteiger partial charge is 0.0164 e. The highest BCUT2D eigenvalue weighted by atomic mass is 15.2. The van der Waals surface area contributed by atoms with Crippen LogP contribution in [0, 0.1) is 5.92 Å². The summed E-state index contributed by atoms with van der Waals surface area (Å²) in [7, 11) is 0. The molecule has 84 valence electrons. The van der Waals surface area contributed by atoms with Gasteiger partial charge in [0, 0.05) is 12.6 Å². The van der Waals surface area contributed by atoms with Crippen LogP contribution in [0.15, 0.2) is 38.0 Å². The van der Waals surface area contributed by atoms with Crippen molar-refractivity contribution in [2.75, 3.05) is 13.1 Å². The summed E-state index contributed by atoms with van der Waals surface area (Å²) in [6.07, 6.45) is 11.0. The molecule has 1 saturated heterocycles. The minimum Gasteiger partial charge on any atom is -0.296 e. The molecule has 15 heavy (non-hydrogen) atoms. The van der Waals surface area contributed by atoms with Gasteiger partial charge in [-0.15, -0.1) is 19.7 Å². The van der Waals surface area contributed by atoms with E-state index in [1.807, 2.05) is 12.2 Å². The maximum Gasteiger partial charge on any atom is 0.0164 e. The van der Waals surface area contributed by atoms with Gasteiger partial charge in [-0.25, -0.2) is 0 Å². The number of rotatable bonds is 6. The zero-order valence-corrected chi connectivity index (χ0v) is 9.70. The van der Waals surface area contributed by atoms with E-state index in [1.165, 1.54) is 19.4 Å². The van der Waals surface area contributed by atoms with Crippen molar-refractivity contribution in [1.82, 2.24) is 4.90 Å². The second-order valence-corrected chi connectivity index (χ2v) is 4.30. The Hall–Kier alpha value is -0.820. The Morgan fingerprint density at radius 1 is 1.07 bits per heavy atom. The third-order valence-electron chi connectivity index (χ3n) is 3.27. The number of allylic oxidation sites excluding steroid dienone is 1. The molecule has 0 aromatic carbocycles. The summed E-state index contributed by atoms with van der Waals surface area (Å²) in [5.74, 6) is 0.759. The highest BCUT2D eigenvalue weighted by Gasteiger charge is 2.28. The summed E-state index contributed by atoms with van der Waals surface area (Å²) in [6, 6.07) is 0.646. The molecule has 0 bridgehead atoms. The average molecular weight is 205 g/mol. The van der Waals surface area contributed by atoms with Crippen LogP contribution < -0.4 is 0 Å². The van der Waals surface area contributed by atoms with Gasteiger partial charge < -0.3 is 0 Å². The van der Waals surface area contributed by atoms with Crippen LogP contribution >= 0.6 is 0 Å². The van der Waals surface area contributed by atoms with Gasteiger partial charge in [-0.1, -0.05) is 18.2 Å². The van der Waals surface area contributed by atoms with Crippen LogP contribution in [0.4, 0.5) is 0 Å². The van der Waals surface area contributed by atoms with Crippen LogP contribution in [-0.2, 0) is 0 Å². The lowest BCUT2D eigenvalue weighted by Gasteiger charge is -2.40. The second-order valence-electron chi connectivity index (χ2n) is 4.30. The Labute approximate surface area is 94.2 Å². The molecular weight excluding hydrogens is 182 g/mol. The Morgan fingerprint density at radius 3 is 2.40 bits per heavy atom. The van der Waals surface area contributed by atoms with E-state index in [0.717, 1.165) is 25.3 Å². The molecule has 0 radical (unpaired) electrons. The Balaban J connectivity index is 2.64. The lowest BCUT2D eigenvalue weighted by atomic mass is 9.85. The van der Waals surface area contributed by atoms with Gasteiger partial charge in [0.2, 0.25) is 0 Å². The van der Waals surface area contributed by atoms with Gasteiger partial charge in [0.1, 0.15) is 0 Å². The molecule has 1 nitrogen and oxygen atoms in total. The van der Waals surface area contributed by atoms with E-state index in [2.05, 4.69) is 30.7 Å². The zero-order valence-electron chi connectivity index (χ0n) is 9.70. The van der Waals surface area contributed by atoms with Crippen LogP contribution in [0.5, 0.6) is 0 Å². The van der Waals surface area contributed by atoms with E-state index in [-0.39, 0.29) is 0 Å². The predicted octanol–water partition coefficient (Wildman–Crippen LogP) is 3.41. The molecule has 1 rings (SSSR count). The summed E-state index contributed by atoms with van der Waals surface area (Å²) in [5, 5.41) is 0. The van der Waals surface area contributed by atoms with Gasteiger partial charge in [0.05, 0.1) is 0 Å². The van der Waals surface area contributed by atoms with E-state index < -0.39 is 0 Å². The zero-order chi connectivity index (χ0) is 11.1. The van der Waals surface area contributed by atoms with Crippen LogP contribution in [0.3, 0.4) is 0 Å². The first-order valence-corrected chi connectivity index (χ1v) is 5.90. The molecule has 1 heterocycles. The molecule has 1 heteroatoms. The molecule has 0 N–H and O–H groups in total. The molecular formula is C14H23N. The SMILES string of the molecule is C=CCC1CCCN(CC=C)C1CC=C. The molecule has 2 atom stereocenters. The van der Waals surface area contributed by atoms with Crippen molar-refractivity contribution >= 4 is 0 Å². The van der Waals surface area contributed by atoms with Crippen molar-refractivity contribution in [3.63, 3.8) is 0 Å². The van der Waals surface area contributed by atoms with Gasteiger partial charge >= 0.3 is 0 Å². The average Bonchev–Trinajstić information content (AvgIpc) is 2.23. The first-order chi connectivity index (χ1) is 7.33. The van der Waals surface area contributed by atoms with Crippen LogP contribution in [0.2, 0.25) is 0 Å². The van der Waals surface area contributed by atoms with Crippen molar-refractivity contribution in [3.8, 4) is 0 Å². The number of nitrogens with zero attached hydrogens (tertiary/aromatic N) is 1. The Bertz CT molecular complexity index is 201. The predicted molar refractivity (Wildman–Crippen MR) is 67.9 cm³/mol. The lowest BCUT2D eigenvalue weighted by Crippen LogP contribution is -2.44. The minimum atomic E-state index is 0.646. The van der Waals surface area contributed by atoms with E-state index in [1.54, 1.807) is 0 Å². The fraction of sp³-hybridized carbons (Fsp3) is 0.571. The fourth-order valence-electron chi connectivity index (χ4n) is 2.61. The largest absolute Gasteiger partial charge is 0.296 e. The van der Waals surface area contributed by atoms with Crippen LogP contribution in [0.25, 0.3) is 0 Å². The van der Waals surface area contributed by atoms with E-state index in [9.17, 15) is 0 Å². The summed E-state index contributed by atoms with van der Waals surface area (Å²) in [4.78, 5) is 2.53. The monoisotopic (exact) mass is 205 g/mol. The molecule has 0 aromatic heterocycles. The molecule has 1 aliphatic heterocycles. The molecule has 0 spiro atoms. The van der Waals surface area contributed by atoms with Gasteiger partial charge in [0.25, 0.3) is 0 Å². The maximum absolute atomic E-state index is 3.87. The summed E-state index contributed by atoms with van der Waals surface area (Å²) < 4.78 is 0. The van der Waals surface area contributed by atoms with Crippen molar-refractivity contribution < 1.29 is 0 Å². The molecule has 1 aliphatic rings. The normalized spacial score (nSPS) is 27.2. The Kier molecular flexibility index (Phi) is 5.41. The quantitative estimate of drug-likeness (QED) is 0.601.